The fourth-order valence-electron chi connectivity index (χ4n) is 1.64. The molecule has 2 aromatic carbocycles. The number of hydrogen-bond donors (Lipinski definition) is 2. The molecule has 20 heavy (non-hydrogen) atoms. The van der Waals surface area contributed by atoms with Crippen molar-refractivity contribution in [2.45, 2.75) is 6.92 Å². The van der Waals surface area contributed by atoms with Crippen LogP contribution in [0.25, 0.3) is 0 Å². The monoisotopic (exact) mass is 356 g/mol. The van der Waals surface area contributed by atoms with E-state index in [1.165, 1.54) is 18.2 Å². The van der Waals surface area contributed by atoms with E-state index in [-0.39, 0.29) is 16.2 Å². The number of aryl methyl sites for hydroxylation is 1. The van der Waals surface area contributed by atoms with Gasteiger partial charge < -0.3 is 11.1 Å². The molecule has 0 saturated carbocycles. The number of nitrogens with two attached hydrogens (primary N) is 1. The van der Waals surface area contributed by atoms with E-state index in [4.69, 9.17) is 17.3 Å². The Morgan fingerprint density at radius 3 is 2.70 bits per heavy atom. The van der Waals surface area contributed by atoms with Gasteiger partial charge >= 0.3 is 0 Å². The Kier molecular flexibility index (Phi) is 4.30. The Morgan fingerprint density at radius 1 is 1.35 bits per heavy atom. The molecule has 0 unspecified atom stereocenters. The quantitative estimate of drug-likeness (QED) is 0.783. The standard InChI is InChI=1S/C14H11BrClFN2O/c1-7-4-11(17)9(15)6-13(7)19-14(20)8-2-3-12(18)10(16)5-8/h2-6H,18H2,1H3,(H,19,20). The molecular weight excluding hydrogens is 347 g/mol. The summed E-state index contributed by atoms with van der Waals surface area (Å²) < 4.78 is 13.6. The van der Waals surface area contributed by atoms with Gasteiger partial charge in [-0.3, -0.25) is 4.79 Å². The predicted molar refractivity (Wildman–Crippen MR) is 82.7 cm³/mol. The van der Waals surface area contributed by atoms with Crippen molar-refractivity contribution in [1.82, 2.24) is 0 Å². The molecule has 0 aliphatic heterocycles. The molecule has 0 aliphatic rings. The van der Waals surface area contributed by atoms with Gasteiger partial charge in [-0.2, -0.15) is 0 Å². The van der Waals surface area contributed by atoms with Crippen molar-refractivity contribution in [2.75, 3.05) is 11.1 Å². The molecule has 0 atom stereocenters. The van der Waals surface area contributed by atoms with Gasteiger partial charge in [0.05, 0.1) is 15.2 Å². The summed E-state index contributed by atoms with van der Waals surface area (Å²) in [6.45, 7) is 1.71. The molecule has 0 heterocycles. The second kappa shape index (κ2) is 5.81. The Morgan fingerprint density at radius 2 is 2.05 bits per heavy atom. The van der Waals surface area contributed by atoms with Gasteiger partial charge in [0.1, 0.15) is 5.82 Å². The summed E-state index contributed by atoms with van der Waals surface area (Å²) in [7, 11) is 0. The van der Waals surface area contributed by atoms with Crippen LogP contribution in [0.15, 0.2) is 34.8 Å². The van der Waals surface area contributed by atoms with E-state index in [1.807, 2.05) is 0 Å². The summed E-state index contributed by atoms with van der Waals surface area (Å²) in [4.78, 5) is 12.1. The molecule has 0 fully saturated rings. The van der Waals surface area contributed by atoms with Gasteiger partial charge in [-0.05, 0) is 58.7 Å². The summed E-state index contributed by atoms with van der Waals surface area (Å²) in [5.41, 5.74) is 7.53. The predicted octanol–water partition coefficient (Wildman–Crippen LogP) is 4.38. The number of nitrogens with one attached hydrogen (secondary N) is 1. The molecule has 0 bridgehead atoms. The highest BCUT2D eigenvalue weighted by molar-refractivity contribution is 9.10. The number of amides is 1. The van der Waals surface area contributed by atoms with Crippen LogP contribution >= 0.6 is 27.5 Å². The zero-order chi connectivity index (χ0) is 14.9. The topological polar surface area (TPSA) is 55.1 Å². The Bertz CT molecular complexity index is 691. The molecule has 0 spiro atoms. The lowest BCUT2D eigenvalue weighted by molar-refractivity contribution is 0.102. The van der Waals surface area contributed by atoms with Gasteiger partial charge in [0.25, 0.3) is 5.91 Å². The fraction of sp³-hybridized carbons (Fsp3) is 0.0714. The van der Waals surface area contributed by atoms with Gasteiger partial charge in [0, 0.05) is 11.3 Å². The second-order valence-electron chi connectivity index (χ2n) is 4.27. The highest BCUT2D eigenvalue weighted by Crippen LogP contribution is 2.25. The van der Waals surface area contributed by atoms with Gasteiger partial charge in [-0.25, -0.2) is 4.39 Å². The first-order valence-electron chi connectivity index (χ1n) is 5.70. The van der Waals surface area contributed by atoms with Crippen LogP contribution in [-0.2, 0) is 0 Å². The number of carbonyl (C=O) groups excluding carboxylic acids is 1. The van der Waals surface area contributed by atoms with Crippen LogP contribution < -0.4 is 11.1 Å². The third-order valence-electron chi connectivity index (χ3n) is 2.78. The van der Waals surface area contributed by atoms with Crippen LogP contribution in [0.2, 0.25) is 5.02 Å². The largest absolute Gasteiger partial charge is 0.398 e. The fourth-order valence-corrected chi connectivity index (χ4v) is 2.17. The molecule has 2 aromatic rings. The zero-order valence-electron chi connectivity index (χ0n) is 10.5. The first-order valence-corrected chi connectivity index (χ1v) is 6.87. The van der Waals surface area contributed by atoms with Crippen molar-refractivity contribution in [3.63, 3.8) is 0 Å². The molecule has 3 nitrogen and oxygen atoms in total. The van der Waals surface area contributed by atoms with Crippen molar-refractivity contribution in [3.8, 4) is 0 Å². The number of benzene rings is 2. The third-order valence-corrected chi connectivity index (χ3v) is 3.71. The minimum Gasteiger partial charge on any atom is -0.398 e. The molecular formula is C14H11BrClFN2O. The molecule has 0 radical (unpaired) electrons. The summed E-state index contributed by atoms with van der Waals surface area (Å²) in [5.74, 6) is -0.718. The highest BCUT2D eigenvalue weighted by atomic mass is 79.9. The van der Waals surface area contributed by atoms with Crippen LogP contribution in [0.3, 0.4) is 0 Å². The van der Waals surface area contributed by atoms with E-state index in [1.54, 1.807) is 19.1 Å². The lowest BCUT2D eigenvalue weighted by Gasteiger charge is -2.10. The van der Waals surface area contributed by atoms with Gasteiger partial charge in [0.15, 0.2) is 0 Å². The minimum atomic E-state index is -0.379. The van der Waals surface area contributed by atoms with Crippen molar-refractivity contribution < 1.29 is 9.18 Å². The molecule has 1 amide bonds. The average Bonchev–Trinajstić information content (AvgIpc) is 2.39. The van der Waals surface area contributed by atoms with Gasteiger partial charge in [0.2, 0.25) is 0 Å². The van der Waals surface area contributed by atoms with E-state index in [0.29, 0.717) is 27.5 Å². The number of hydrogen-bond acceptors (Lipinski definition) is 2. The maximum atomic E-state index is 13.3. The summed E-state index contributed by atoms with van der Waals surface area (Å²) in [6.07, 6.45) is 0. The Labute approximate surface area is 129 Å². The number of anilines is 2. The number of rotatable bonds is 2. The molecule has 3 N–H and O–H groups in total. The Hall–Kier alpha value is -1.59. The SMILES string of the molecule is Cc1cc(F)c(Br)cc1NC(=O)c1ccc(N)c(Cl)c1. The summed E-state index contributed by atoms with van der Waals surface area (Å²) >= 11 is 8.96. The third kappa shape index (κ3) is 3.11. The van der Waals surface area contributed by atoms with Crippen molar-refractivity contribution in [2.24, 2.45) is 0 Å². The van der Waals surface area contributed by atoms with Crippen LogP contribution in [0.4, 0.5) is 15.8 Å². The van der Waals surface area contributed by atoms with E-state index < -0.39 is 0 Å². The lowest BCUT2D eigenvalue weighted by atomic mass is 10.1. The van der Waals surface area contributed by atoms with Gasteiger partial charge in [-0.1, -0.05) is 11.6 Å². The second-order valence-corrected chi connectivity index (χ2v) is 5.53. The molecule has 0 aliphatic carbocycles. The van der Waals surface area contributed by atoms with Crippen molar-refractivity contribution in [1.29, 1.82) is 0 Å². The van der Waals surface area contributed by atoms with E-state index in [9.17, 15) is 9.18 Å². The molecule has 2 rings (SSSR count). The lowest BCUT2D eigenvalue weighted by Crippen LogP contribution is -2.13. The summed E-state index contributed by atoms with van der Waals surface area (Å²) in [5, 5.41) is 3.02. The maximum Gasteiger partial charge on any atom is 0.255 e. The van der Waals surface area contributed by atoms with Gasteiger partial charge in [-0.15, -0.1) is 0 Å². The van der Waals surface area contributed by atoms with Crippen molar-refractivity contribution in [3.05, 3.63) is 56.8 Å². The maximum absolute atomic E-state index is 13.3. The van der Waals surface area contributed by atoms with Crippen LogP contribution in [0, 0.1) is 12.7 Å². The Balaban J connectivity index is 2.27. The highest BCUT2D eigenvalue weighted by Gasteiger charge is 2.11. The minimum absolute atomic E-state index is 0.286. The molecule has 0 saturated heterocycles. The normalized spacial score (nSPS) is 10.4. The van der Waals surface area contributed by atoms with Crippen molar-refractivity contribution >= 4 is 44.8 Å². The molecule has 104 valence electrons. The van der Waals surface area contributed by atoms with E-state index in [2.05, 4.69) is 21.2 Å². The first-order chi connectivity index (χ1) is 9.38. The van der Waals surface area contributed by atoms with Crippen LogP contribution in [0.1, 0.15) is 15.9 Å². The van der Waals surface area contributed by atoms with E-state index >= 15 is 0 Å². The molecule has 0 aromatic heterocycles. The number of nitrogen functional groups attached to an aromatic ring is 1. The average molecular weight is 358 g/mol. The first kappa shape index (κ1) is 14.8. The number of carbonyl (C=O) groups is 1. The van der Waals surface area contributed by atoms with Crippen LogP contribution in [-0.4, -0.2) is 5.91 Å². The zero-order valence-corrected chi connectivity index (χ0v) is 12.8. The van der Waals surface area contributed by atoms with E-state index in [0.717, 1.165) is 0 Å². The smallest absolute Gasteiger partial charge is 0.255 e. The summed E-state index contributed by atoms with van der Waals surface area (Å²) in [6, 6.07) is 7.48. The van der Waals surface area contributed by atoms with Crippen LogP contribution in [0.5, 0.6) is 0 Å². The number of halogens is 3. The molecule has 6 heteroatoms.